The van der Waals surface area contributed by atoms with Crippen LogP contribution >= 0.6 is 19.2 Å². The SMILES string of the molecule is CCOP(=O)(CN1CCN(C(=O)C=CCNc2cc3c(Nc4ccc(F)c(Cl)c4)ncnc3cc2OCC2CC2)CC1)OCC. The lowest BCUT2D eigenvalue weighted by Crippen LogP contribution is -2.48. The van der Waals surface area contributed by atoms with Crippen molar-refractivity contribution in [2.24, 2.45) is 5.92 Å². The van der Waals surface area contributed by atoms with Crippen LogP contribution in [0.2, 0.25) is 5.02 Å². The van der Waals surface area contributed by atoms with Gasteiger partial charge in [-0.1, -0.05) is 17.7 Å². The average molecular weight is 661 g/mol. The number of halogens is 2. The molecule has 0 atom stereocenters. The molecule has 1 aliphatic heterocycles. The van der Waals surface area contributed by atoms with Crippen molar-refractivity contribution in [2.75, 3.05) is 69.5 Å². The predicted octanol–water partition coefficient (Wildman–Crippen LogP) is 6.29. The van der Waals surface area contributed by atoms with E-state index in [1.165, 1.54) is 18.5 Å². The van der Waals surface area contributed by atoms with Gasteiger partial charge in [0.25, 0.3) is 0 Å². The molecular formula is C31H39ClFN6O5P. The van der Waals surface area contributed by atoms with E-state index in [1.807, 2.05) is 17.0 Å². The van der Waals surface area contributed by atoms with Crippen LogP contribution in [0, 0.1) is 11.7 Å². The van der Waals surface area contributed by atoms with Crippen LogP contribution in [0.4, 0.5) is 21.6 Å². The molecule has 14 heteroatoms. The summed E-state index contributed by atoms with van der Waals surface area (Å²) in [5, 5.41) is 7.31. The number of carbonyl (C=O) groups excluding carboxylic acids is 1. The highest BCUT2D eigenvalue weighted by atomic mass is 35.5. The standard InChI is InChI=1S/C31H39ClFN6O5P/c1-3-43-45(41,44-4-2)21-38-12-14-39(15-13-38)30(40)6-5-11-34-28-17-24-27(18-29(28)42-19-22-7-8-22)35-20-36-31(24)37-23-9-10-26(33)25(32)16-23/h5-6,9-10,16-18,20,22,34H,3-4,7-8,11-15,19,21H2,1-2H3,(H,35,36,37). The van der Waals surface area contributed by atoms with Gasteiger partial charge in [-0.25, -0.2) is 14.4 Å². The minimum absolute atomic E-state index is 0.00802. The van der Waals surface area contributed by atoms with E-state index in [1.54, 1.807) is 37.0 Å². The van der Waals surface area contributed by atoms with E-state index in [2.05, 4.69) is 20.6 Å². The van der Waals surface area contributed by atoms with E-state index < -0.39 is 13.4 Å². The smallest absolute Gasteiger partial charge is 0.344 e. The van der Waals surface area contributed by atoms with Gasteiger partial charge >= 0.3 is 7.60 Å². The Kier molecular flexibility index (Phi) is 11.3. The van der Waals surface area contributed by atoms with Crippen LogP contribution in [-0.2, 0) is 18.4 Å². The Morgan fingerprint density at radius 1 is 1.11 bits per heavy atom. The van der Waals surface area contributed by atoms with E-state index in [4.69, 9.17) is 25.4 Å². The van der Waals surface area contributed by atoms with Gasteiger partial charge in [0.1, 0.15) is 30.0 Å². The molecule has 2 N–H and O–H groups in total. The molecule has 0 bridgehead atoms. The highest BCUT2D eigenvalue weighted by Gasteiger charge is 2.30. The predicted molar refractivity (Wildman–Crippen MR) is 174 cm³/mol. The lowest BCUT2D eigenvalue weighted by atomic mass is 10.1. The third kappa shape index (κ3) is 9.14. The summed E-state index contributed by atoms with van der Waals surface area (Å²) >= 11 is 5.97. The zero-order valence-corrected chi connectivity index (χ0v) is 27.2. The van der Waals surface area contributed by atoms with E-state index in [0.717, 1.165) is 23.9 Å². The maximum Gasteiger partial charge on any atom is 0.344 e. The van der Waals surface area contributed by atoms with Crippen LogP contribution in [-0.4, -0.2) is 84.5 Å². The summed E-state index contributed by atoms with van der Waals surface area (Å²) < 4.78 is 43.5. The molecule has 2 heterocycles. The highest BCUT2D eigenvalue weighted by molar-refractivity contribution is 7.53. The summed E-state index contributed by atoms with van der Waals surface area (Å²) in [6, 6.07) is 8.15. The van der Waals surface area contributed by atoms with Crippen molar-refractivity contribution in [2.45, 2.75) is 26.7 Å². The molecule has 1 amide bonds. The van der Waals surface area contributed by atoms with Gasteiger partial charge in [-0.05, 0) is 56.9 Å². The number of piperazine rings is 1. The molecule has 3 aromatic rings. The summed E-state index contributed by atoms with van der Waals surface area (Å²) in [5.74, 6) is 1.16. The van der Waals surface area contributed by atoms with Crippen molar-refractivity contribution in [1.82, 2.24) is 19.8 Å². The Labute approximate surface area is 267 Å². The van der Waals surface area contributed by atoms with Gasteiger partial charge in [0, 0.05) is 55.9 Å². The van der Waals surface area contributed by atoms with Crippen LogP contribution in [0.1, 0.15) is 26.7 Å². The highest BCUT2D eigenvalue weighted by Crippen LogP contribution is 2.48. The number of nitrogens with one attached hydrogen (secondary N) is 2. The Balaban J connectivity index is 1.22. The number of anilines is 3. The first-order chi connectivity index (χ1) is 21.8. The Morgan fingerprint density at radius 2 is 1.87 bits per heavy atom. The largest absolute Gasteiger partial charge is 0.491 e. The van der Waals surface area contributed by atoms with Crippen molar-refractivity contribution >= 4 is 53.2 Å². The van der Waals surface area contributed by atoms with Crippen LogP contribution < -0.4 is 15.4 Å². The topological polar surface area (TPSA) is 118 Å². The summed E-state index contributed by atoms with van der Waals surface area (Å²) in [4.78, 5) is 25.5. The zero-order chi connectivity index (χ0) is 31.8. The van der Waals surface area contributed by atoms with Gasteiger partial charge in [0.05, 0.1) is 36.0 Å². The Bertz CT molecular complexity index is 1560. The van der Waals surface area contributed by atoms with Crippen LogP contribution in [0.15, 0.2) is 48.8 Å². The second-order valence-corrected chi connectivity index (χ2v) is 13.3. The number of fused-ring (bicyclic) bond motifs is 1. The van der Waals surface area contributed by atoms with Gasteiger partial charge in [0.15, 0.2) is 0 Å². The number of aromatic nitrogens is 2. The number of rotatable bonds is 15. The number of nitrogens with zero attached hydrogens (tertiary/aromatic N) is 4. The zero-order valence-electron chi connectivity index (χ0n) is 25.5. The molecule has 2 aliphatic rings. The summed E-state index contributed by atoms with van der Waals surface area (Å²) in [6.07, 6.45) is 7.33. The molecular weight excluding hydrogens is 622 g/mol. The fourth-order valence-electron chi connectivity index (χ4n) is 4.94. The molecule has 2 aromatic carbocycles. The molecule has 1 aliphatic carbocycles. The van der Waals surface area contributed by atoms with Gasteiger partial charge in [-0.15, -0.1) is 0 Å². The molecule has 1 saturated carbocycles. The van der Waals surface area contributed by atoms with Crippen molar-refractivity contribution in [1.29, 1.82) is 0 Å². The van der Waals surface area contributed by atoms with E-state index in [0.29, 0.717) is 81.2 Å². The first kappa shape index (κ1) is 33.1. The molecule has 0 spiro atoms. The maximum atomic E-state index is 13.7. The fourth-order valence-corrected chi connectivity index (χ4v) is 6.92. The molecule has 0 unspecified atom stereocenters. The molecule has 0 radical (unpaired) electrons. The summed E-state index contributed by atoms with van der Waals surface area (Å²) in [5.41, 5.74) is 2.00. The van der Waals surface area contributed by atoms with Crippen molar-refractivity contribution in [3.05, 3.63) is 59.7 Å². The number of carbonyl (C=O) groups is 1. The van der Waals surface area contributed by atoms with Crippen molar-refractivity contribution in [3.8, 4) is 5.75 Å². The monoisotopic (exact) mass is 660 g/mol. The van der Waals surface area contributed by atoms with Crippen molar-refractivity contribution in [3.63, 3.8) is 0 Å². The van der Waals surface area contributed by atoms with Gasteiger partial charge in [-0.2, -0.15) is 0 Å². The Hall–Kier alpha value is -3.28. The summed E-state index contributed by atoms with van der Waals surface area (Å²) in [7, 11) is -3.18. The molecule has 45 heavy (non-hydrogen) atoms. The minimum Gasteiger partial charge on any atom is -0.491 e. The third-order valence-electron chi connectivity index (χ3n) is 7.47. The quantitative estimate of drug-likeness (QED) is 0.142. The van der Waals surface area contributed by atoms with Crippen LogP contribution in [0.5, 0.6) is 5.75 Å². The van der Waals surface area contributed by atoms with Crippen LogP contribution in [0.25, 0.3) is 10.9 Å². The first-order valence-corrected chi connectivity index (χ1v) is 17.3. The van der Waals surface area contributed by atoms with E-state index >= 15 is 0 Å². The number of hydrogen-bond acceptors (Lipinski definition) is 10. The molecule has 5 rings (SSSR count). The molecule has 2 fully saturated rings. The van der Waals surface area contributed by atoms with E-state index in [-0.39, 0.29) is 17.2 Å². The minimum atomic E-state index is -3.18. The number of amides is 1. The number of hydrogen-bond donors (Lipinski definition) is 2. The lowest BCUT2D eigenvalue weighted by Gasteiger charge is -2.35. The van der Waals surface area contributed by atoms with Gasteiger partial charge < -0.3 is 29.3 Å². The third-order valence-corrected chi connectivity index (χ3v) is 9.81. The summed E-state index contributed by atoms with van der Waals surface area (Å²) in [6.45, 7) is 7.44. The second kappa shape index (κ2) is 15.3. The second-order valence-electron chi connectivity index (χ2n) is 10.9. The number of ether oxygens (including phenoxy) is 1. The molecule has 1 saturated heterocycles. The maximum absolute atomic E-state index is 13.7. The molecule has 11 nitrogen and oxygen atoms in total. The van der Waals surface area contributed by atoms with Crippen LogP contribution in [0.3, 0.4) is 0 Å². The Morgan fingerprint density at radius 3 is 2.56 bits per heavy atom. The number of benzene rings is 2. The lowest BCUT2D eigenvalue weighted by molar-refractivity contribution is -0.127. The molecule has 242 valence electrons. The van der Waals surface area contributed by atoms with Gasteiger partial charge in [0.2, 0.25) is 5.91 Å². The fraction of sp³-hybridized carbons (Fsp3) is 0.452. The van der Waals surface area contributed by atoms with E-state index in [9.17, 15) is 13.8 Å². The first-order valence-electron chi connectivity index (χ1n) is 15.2. The van der Waals surface area contributed by atoms with Crippen molar-refractivity contribution < 1.29 is 27.5 Å². The normalized spacial score (nSPS) is 16.0. The molecule has 1 aromatic heterocycles. The van der Waals surface area contributed by atoms with Gasteiger partial charge in [-0.3, -0.25) is 14.3 Å². The average Bonchev–Trinajstić information content (AvgIpc) is 3.85.